The maximum atomic E-state index is 5.80. The first-order valence-corrected chi connectivity index (χ1v) is 6.95. The van der Waals surface area contributed by atoms with E-state index in [1.54, 1.807) is 0 Å². The Hall–Kier alpha value is -2.74. The van der Waals surface area contributed by atoms with E-state index in [1.807, 2.05) is 60.7 Å². The topological polar surface area (TPSA) is 12.5 Å². The van der Waals surface area contributed by atoms with Crippen LogP contribution in [0.5, 0.6) is 11.5 Å². The van der Waals surface area contributed by atoms with Crippen LogP contribution in [0.15, 0.2) is 84.9 Å². The number of nitrogens with zero attached hydrogens (tertiary/aromatic N) is 1. The fourth-order valence-corrected chi connectivity index (χ4v) is 2.16. The Morgan fingerprint density at radius 1 is 0.571 bits per heavy atom. The Morgan fingerprint density at radius 3 is 1.67 bits per heavy atom. The number of ether oxygens (including phenoxy) is 1. The molecule has 0 aliphatic heterocycles. The zero-order valence-corrected chi connectivity index (χ0v) is 11.9. The molecule has 0 aliphatic carbocycles. The summed E-state index contributed by atoms with van der Waals surface area (Å²) in [7, 11) is 2.06. The lowest BCUT2D eigenvalue weighted by molar-refractivity contribution is 0.483. The number of para-hydroxylation sites is 2. The summed E-state index contributed by atoms with van der Waals surface area (Å²) in [6.07, 6.45) is 0. The number of rotatable bonds is 4. The van der Waals surface area contributed by atoms with E-state index in [0.717, 1.165) is 22.9 Å². The summed E-state index contributed by atoms with van der Waals surface area (Å²) >= 11 is 0. The zero-order valence-electron chi connectivity index (χ0n) is 11.9. The molecule has 0 bridgehead atoms. The third-order valence-corrected chi connectivity index (χ3v) is 3.35. The highest BCUT2D eigenvalue weighted by atomic mass is 16.5. The van der Waals surface area contributed by atoms with Crippen LogP contribution in [0.25, 0.3) is 0 Å². The molecule has 104 valence electrons. The van der Waals surface area contributed by atoms with E-state index in [1.165, 1.54) is 0 Å². The molecule has 2 nitrogen and oxygen atoms in total. The molecule has 0 amide bonds. The van der Waals surface area contributed by atoms with Gasteiger partial charge in [-0.05, 0) is 48.5 Å². The first-order chi connectivity index (χ1) is 10.3. The standard InChI is InChI=1S/C19H17NO/c1-20(16-8-4-2-5-9-16)17-12-14-19(15-13-17)21-18-10-6-3-7-11-18/h2-15H,1H3. The number of benzene rings is 3. The molecule has 0 aliphatic rings. The molecule has 0 radical (unpaired) electrons. The van der Waals surface area contributed by atoms with Crippen molar-refractivity contribution in [2.75, 3.05) is 11.9 Å². The second-order valence-electron chi connectivity index (χ2n) is 4.80. The van der Waals surface area contributed by atoms with Crippen LogP contribution >= 0.6 is 0 Å². The van der Waals surface area contributed by atoms with Gasteiger partial charge in [0.15, 0.2) is 0 Å². The second-order valence-corrected chi connectivity index (χ2v) is 4.80. The van der Waals surface area contributed by atoms with E-state index in [0.29, 0.717) is 0 Å². The molecule has 3 aromatic rings. The molecular weight excluding hydrogens is 258 g/mol. The summed E-state index contributed by atoms with van der Waals surface area (Å²) in [5.41, 5.74) is 2.29. The summed E-state index contributed by atoms with van der Waals surface area (Å²) in [5.74, 6) is 1.69. The number of hydrogen-bond donors (Lipinski definition) is 0. The summed E-state index contributed by atoms with van der Waals surface area (Å²) < 4.78 is 5.80. The molecular formula is C19H17NO. The van der Waals surface area contributed by atoms with Gasteiger partial charge in [0.2, 0.25) is 0 Å². The van der Waals surface area contributed by atoms with Crippen LogP contribution in [0.2, 0.25) is 0 Å². The molecule has 0 atom stereocenters. The monoisotopic (exact) mass is 275 g/mol. The normalized spacial score (nSPS) is 10.1. The average molecular weight is 275 g/mol. The lowest BCUT2D eigenvalue weighted by Crippen LogP contribution is -2.08. The maximum Gasteiger partial charge on any atom is 0.127 e. The molecule has 3 aromatic carbocycles. The van der Waals surface area contributed by atoms with Gasteiger partial charge in [-0.1, -0.05) is 36.4 Å². The van der Waals surface area contributed by atoms with Crippen molar-refractivity contribution in [1.29, 1.82) is 0 Å². The lowest BCUT2D eigenvalue weighted by atomic mass is 10.2. The van der Waals surface area contributed by atoms with Crippen LogP contribution < -0.4 is 9.64 Å². The maximum absolute atomic E-state index is 5.80. The van der Waals surface area contributed by atoms with E-state index >= 15 is 0 Å². The highest BCUT2D eigenvalue weighted by molar-refractivity contribution is 5.62. The van der Waals surface area contributed by atoms with Gasteiger partial charge in [0.1, 0.15) is 11.5 Å². The lowest BCUT2D eigenvalue weighted by Gasteiger charge is -2.19. The summed E-state index contributed by atoms with van der Waals surface area (Å²) in [6, 6.07) is 28.2. The van der Waals surface area contributed by atoms with Gasteiger partial charge in [-0.25, -0.2) is 0 Å². The minimum absolute atomic E-state index is 0.839. The van der Waals surface area contributed by atoms with Crippen molar-refractivity contribution in [3.63, 3.8) is 0 Å². The van der Waals surface area contributed by atoms with Crippen molar-refractivity contribution in [2.24, 2.45) is 0 Å². The quantitative estimate of drug-likeness (QED) is 0.645. The van der Waals surface area contributed by atoms with Crippen molar-refractivity contribution in [3.05, 3.63) is 84.9 Å². The molecule has 0 spiro atoms. The molecule has 0 fully saturated rings. The van der Waals surface area contributed by atoms with Crippen LogP contribution in [0.1, 0.15) is 0 Å². The van der Waals surface area contributed by atoms with Crippen LogP contribution in [-0.2, 0) is 0 Å². The average Bonchev–Trinajstić information content (AvgIpc) is 2.57. The molecule has 3 rings (SSSR count). The SMILES string of the molecule is CN(c1ccccc1)c1ccc(Oc2ccccc2)cc1. The Labute approximate surface area is 125 Å². The van der Waals surface area contributed by atoms with Gasteiger partial charge in [-0.2, -0.15) is 0 Å². The fourth-order valence-electron chi connectivity index (χ4n) is 2.16. The van der Waals surface area contributed by atoms with Crippen LogP contribution in [-0.4, -0.2) is 7.05 Å². The molecule has 0 aromatic heterocycles. The molecule has 0 N–H and O–H groups in total. The Morgan fingerprint density at radius 2 is 1.05 bits per heavy atom. The van der Waals surface area contributed by atoms with Gasteiger partial charge < -0.3 is 9.64 Å². The highest BCUT2D eigenvalue weighted by Gasteiger charge is 2.03. The zero-order chi connectivity index (χ0) is 14.5. The summed E-state index contributed by atoms with van der Waals surface area (Å²) in [6.45, 7) is 0. The third kappa shape index (κ3) is 3.23. The summed E-state index contributed by atoms with van der Waals surface area (Å²) in [4.78, 5) is 2.15. The second kappa shape index (κ2) is 6.14. The smallest absolute Gasteiger partial charge is 0.127 e. The van der Waals surface area contributed by atoms with Crippen molar-refractivity contribution in [3.8, 4) is 11.5 Å². The van der Waals surface area contributed by atoms with E-state index < -0.39 is 0 Å². The van der Waals surface area contributed by atoms with E-state index in [2.05, 4.69) is 36.2 Å². The van der Waals surface area contributed by atoms with Gasteiger partial charge in [0.25, 0.3) is 0 Å². The van der Waals surface area contributed by atoms with Gasteiger partial charge in [-0.15, -0.1) is 0 Å². The Kier molecular flexibility index (Phi) is 3.88. The summed E-state index contributed by atoms with van der Waals surface area (Å²) in [5, 5.41) is 0. The molecule has 2 heteroatoms. The van der Waals surface area contributed by atoms with Crippen molar-refractivity contribution >= 4 is 11.4 Å². The predicted molar refractivity (Wildman–Crippen MR) is 87.5 cm³/mol. The minimum Gasteiger partial charge on any atom is -0.457 e. The van der Waals surface area contributed by atoms with Gasteiger partial charge in [0.05, 0.1) is 0 Å². The largest absolute Gasteiger partial charge is 0.457 e. The molecule has 0 saturated heterocycles. The molecule has 0 saturated carbocycles. The molecule has 0 heterocycles. The van der Waals surface area contributed by atoms with Crippen LogP contribution in [0, 0.1) is 0 Å². The Balaban J connectivity index is 1.75. The molecule has 21 heavy (non-hydrogen) atoms. The molecule has 0 unspecified atom stereocenters. The van der Waals surface area contributed by atoms with Gasteiger partial charge in [0, 0.05) is 18.4 Å². The van der Waals surface area contributed by atoms with E-state index in [4.69, 9.17) is 4.74 Å². The van der Waals surface area contributed by atoms with Gasteiger partial charge >= 0.3 is 0 Å². The van der Waals surface area contributed by atoms with Crippen LogP contribution in [0.3, 0.4) is 0 Å². The van der Waals surface area contributed by atoms with Crippen molar-refractivity contribution in [2.45, 2.75) is 0 Å². The predicted octanol–water partition coefficient (Wildman–Crippen LogP) is 5.25. The van der Waals surface area contributed by atoms with Crippen molar-refractivity contribution in [1.82, 2.24) is 0 Å². The van der Waals surface area contributed by atoms with Gasteiger partial charge in [-0.3, -0.25) is 0 Å². The van der Waals surface area contributed by atoms with Crippen molar-refractivity contribution < 1.29 is 4.74 Å². The minimum atomic E-state index is 0.839. The van der Waals surface area contributed by atoms with Crippen LogP contribution in [0.4, 0.5) is 11.4 Å². The first-order valence-electron chi connectivity index (χ1n) is 6.95. The number of anilines is 2. The van der Waals surface area contributed by atoms with E-state index in [9.17, 15) is 0 Å². The fraction of sp³-hybridized carbons (Fsp3) is 0.0526. The number of hydrogen-bond acceptors (Lipinski definition) is 2. The van der Waals surface area contributed by atoms with E-state index in [-0.39, 0.29) is 0 Å². The first kappa shape index (κ1) is 13.3. The Bertz CT molecular complexity index is 678. The highest BCUT2D eigenvalue weighted by Crippen LogP contribution is 2.27. The third-order valence-electron chi connectivity index (χ3n) is 3.35.